The molecule has 0 aromatic rings. The first-order chi connectivity index (χ1) is 5.86. The summed E-state index contributed by atoms with van der Waals surface area (Å²) < 4.78 is 5.62. The Morgan fingerprint density at radius 3 is 2.92 bits per heavy atom. The molecule has 2 aliphatic heterocycles. The van der Waals surface area contributed by atoms with Gasteiger partial charge in [-0.1, -0.05) is 0 Å². The molecular formula is C9H15NO2. The van der Waals surface area contributed by atoms with Crippen molar-refractivity contribution in [2.75, 3.05) is 13.2 Å². The Labute approximate surface area is 72.5 Å². The third-order valence-corrected chi connectivity index (χ3v) is 2.75. The third kappa shape index (κ3) is 1.61. The summed E-state index contributed by atoms with van der Waals surface area (Å²) in [6.07, 6.45) is 4.60. The number of hydrogen-bond donors (Lipinski definition) is 1. The van der Waals surface area contributed by atoms with Crippen molar-refractivity contribution >= 4 is 5.91 Å². The molecule has 2 unspecified atom stereocenters. The van der Waals surface area contributed by atoms with Crippen molar-refractivity contribution in [2.45, 2.75) is 31.8 Å². The van der Waals surface area contributed by atoms with Gasteiger partial charge in [0.15, 0.2) is 0 Å². The third-order valence-electron chi connectivity index (χ3n) is 2.75. The van der Waals surface area contributed by atoms with Crippen molar-refractivity contribution in [3.05, 3.63) is 0 Å². The molecule has 68 valence electrons. The highest BCUT2D eigenvalue weighted by atomic mass is 16.5. The van der Waals surface area contributed by atoms with Crippen molar-refractivity contribution in [3.63, 3.8) is 0 Å². The van der Waals surface area contributed by atoms with Crippen LogP contribution in [0.25, 0.3) is 0 Å². The highest BCUT2D eigenvalue weighted by Gasteiger charge is 2.30. The fraction of sp³-hybridized carbons (Fsp3) is 0.889. The summed E-state index contributed by atoms with van der Waals surface area (Å²) in [6, 6.07) is 0. The van der Waals surface area contributed by atoms with Crippen LogP contribution in [0.5, 0.6) is 0 Å². The van der Waals surface area contributed by atoms with Gasteiger partial charge in [0.25, 0.3) is 0 Å². The molecule has 1 N–H and O–H groups in total. The number of ether oxygens (including phenoxy) is 1. The summed E-state index contributed by atoms with van der Waals surface area (Å²) >= 11 is 0. The first-order valence-electron chi connectivity index (χ1n) is 4.74. The normalized spacial score (nSPS) is 36.5. The molecule has 3 heteroatoms. The quantitative estimate of drug-likeness (QED) is 0.627. The molecule has 2 atom stereocenters. The van der Waals surface area contributed by atoms with Crippen molar-refractivity contribution in [1.29, 1.82) is 0 Å². The molecule has 0 aromatic heterocycles. The molecule has 3 nitrogen and oxygen atoms in total. The summed E-state index contributed by atoms with van der Waals surface area (Å²) in [5.41, 5.74) is 0. The Bertz CT molecular complexity index is 175. The van der Waals surface area contributed by atoms with Gasteiger partial charge in [-0.2, -0.15) is 0 Å². The predicted octanol–water partition coefficient (Wildman–Crippen LogP) is 0.692. The second kappa shape index (κ2) is 3.44. The number of carbonyl (C=O) groups is 1. The average molecular weight is 169 g/mol. The van der Waals surface area contributed by atoms with Gasteiger partial charge in [0.2, 0.25) is 5.91 Å². The minimum Gasteiger partial charge on any atom is -0.378 e. The number of rotatable bonds is 1. The monoisotopic (exact) mass is 169 g/mol. The van der Waals surface area contributed by atoms with E-state index < -0.39 is 0 Å². The minimum absolute atomic E-state index is 0.189. The van der Waals surface area contributed by atoms with Gasteiger partial charge in [-0.05, 0) is 19.3 Å². The lowest BCUT2D eigenvalue weighted by Crippen LogP contribution is -2.29. The summed E-state index contributed by atoms with van der Waals surface area (Å²) in [5.74, 6) is 0.631. The lowest BCUT2D eigenvalue weighted by Gasteiger charge is -2.26. The highest BCUT2D eigenvalue weighted by molar-refractivity contribution is 5.78. The Balaban J connectivity index is 1.86. The summed E-state index contributed by atoms with van der Waals surface area (Å²) in [5, 5.41) is 2.85. The summed E-state index contributed by atoms with van der Waals surface area (Å²) in [7, 11) is 0. The fourth-order valence-electron chi connectivity index (χ4n) is 2.03. The second-order valence-corrected chi connectivity index (χ2v) is 3.67. The Morgan fingerprint density at radius 1 is 1.42 bits per heavy atom. The van der Waals surface area contributed by atoms with E-state index in [2.05, 4.69) is 5.32 Å². The van der Waals surface area contributed by atoms with Crippen LogP contribution < -0.4 is 5.32 Å². The van der Waals surface area contributed by atoms with Gasteiger partial charge in [-0.25, -0.2) is 0 Å². The van der Waals surface area contributed by atoms with E-state index in [1.54, 1.807) is 0 Å². The molecule has 2 saturated heterocycles. The zero-order valence-corrected chi connectivity index (χ0v) is 7.21. The van der Waals surface area contributed by atoms with Crippen LogP contribution in [0.15, 0.2) is 0 Å². The molecule has 2 fully saturated rings. The SMILES string of the molecule is O=C1CC(C2CCCCO2)CN1. The van der Waals surface area contributed by atoms with E-state index in [-0.39, 0.29) is 5.91 Å². The van der Waals surface area contributed by atoms with Crippen LogP contribution in [-0.2, 0) is 9.53 Å². The standard InChI is InChI=1S/C9H15NO2/c11-9-5-7(6-10-9)8-3-1-2-4-12-8/h7-8H,1-6H2,(H,10,11). The molecule has 1 amide bonds. The van der Waals surface area contributed by atoms with Gasteiger partial charge in [-0.15, -0.1) is 0 Å². The van der Waals surface area contributed by atoms with E-state index in [1.807, 2.05) is 0 Å². The smallest absolute Gasteiger partial charge is 0.220 e. The van der Waals surface area contributed by atoms with E-state index in [0.717, 1.165) is 19.6 Å². The van der Waals surface area contributed by atoms with E-state index in [1.165, 1.54) is 12.8 Å². The zero-order chi connectivity index (χ0) is 8.39. The van der Waals surface area contributed by atoms with Crippen LogP contribution in [0, 0.1) is 5.92 Å². The number of hydrogen-bond acceptors (Lipinski definition) is 2. The first kappa shape index (κ1) is 8.05. The van der Waals surface area contributed by atoms with E-state index >= 15 is 0 Å². The van der Waals surface area contributed by atoms with Gasteiger partial charge >= 0.3 is 0 Å². The van der Waals surface area contributed by atoms with Crippen molar-refractivity contribution in [1.82, 2.24) is 5.32 Å². The molecule has 0 aliphatic carbocycles. The van der Waals surface area contributed by atoms with E-state index in [9.17, 15) is 4.79 Å². The van der Waals surface area contributed by atoms with Crippen molar-refractivity contribution in [2.24, 2.45) is 5.92 Å². The molecule has 2 aliphatic rings. The zero-order valence-electron chi connectivity index (χ0n) is 7.21. The first-order valence-corrected chi connectivity index (χ1v) is 4.74. The fourth-order valence-corrected chi connectivity index (χ4v) is 2.03. The maximum absolute atomic E-state index is 10.9. The molecule has 0 bridgehead atoms. The molecule has 12 heavy (non-hydrogen) atoms. The minimum atomic E-state index is 0.189. The van der Waals surface area contributed by atoms with Gasteiger partial charge < -0.3 is 10.1 Å². The maximum atomic E-state index is 10.9. The van der Waals surface area contributed by atoms with Crippen LogP contribution in [-0.4, -0.2) is 25.2 Å². The lowest BCUT2D eigenvalue weighted by atomic mass is 9.95. The van der Waals surface area contributed by atoms with Crippen LogP contribution >= 0.6 is 0 Å². The molecule has 0 saturated carbocycles. The number of carbonyl (C=O) groups excluding carboxylic acids is 1. The van der Waals surface area contributed by atoms with E-state index in [0.29, 0.717) is 18.4 Å². The van der Waals surface area contributed by atoms with Gasteiger partial charge in [0, 0.05) is 25.5 Å². The molecular weight excluding hydrogens is 154 g/mol. The number of amides is 1. The molecule has 0 spiro atoms. The van der Waals surface area contributed by atoms with Gasteiger partial charge in [-0.3, -0.25) is 4.79 Å². The van der Waals surface area contributed by atoms with Gasteiger partial charge in [0.05, 0.1) is 6.10 Å². The van der Waals surface area contributed by atoms with Crippen LogP contribution in [0.3, 0.4) is 0 Å². The Hall–Kier alpha value is -0.570. The van der Waals surface area contributed by atoms with Crippen LogP contribution in [0.2, 0.25) is 0 Å². The lowest BCUT2D eigenvalue weighted by molar-refractivity contribution is -0.119. The largest absolute Gasteiger partial charge is 0.378 e. The van der Waals surface area contributed by atoms with Crippen molar-refractivity contribution < 1.29 is 9.53 Å². The molecule has 0 aromatic carbocycles. The number of nitrogens with one attached hydrogen (secondary N) is 1. The Kier molecular flexibility index (Phi) is 2.30. The Morgan fingerprint density at radius 2 is 2.33 bits per heavy atom. The summed E-state index contributed by atoms with van der Waals surface area (Å²) in [4.78, 5) is 10.9. The van der Waals surface area contributed by atoms with Crippen LogP contribution in [0.4, 0.5) is 0 Å². The van der Waals surface area contributed by atoms with E-state index in [4.69, 9.17) is 4.74 Å². The maximum Gasteiger partial charge on any atom is 0.220 e. The molecule has 2 heterocycles. The van der Waals surface area contributed by atoms with Crippen molar-refractivity contribution in [3.8, 4) is 0 Å². The van der Waals surface area contributed by atoms with Gasteiger partial charge in [0.1, 0.15) is 0 Å². The second-order valence-electron chi connectivity index (χ2n) is 3.67. The highest BCUT2D eigenvalue weighted by Crippen LogP contribution is 2.24. The predicted molar refractivity (Wildman–Crippen MR) is 44.7 cm³/mol. The topological polar surface area (TPSA) is 38.3 Å². The van der Waals surface area contributed by atoms with Crippen LogP contribution in [0.1, 0.15) is 25.7 Å². The molecule has 2 rings (SSSR count). The average Bonchev–Trinajstić information content (AvgIpc) is 2.54. The summed E-state index contributed by atoms with van der Waals surface area (Å²) in [6.45, 7) is 1.71. The molecule has 0 radical (unpaired) electrons.